The number of fused-ring (bicyclic) bond motifs is 1. The molecule has 9 nitrogen and oxygen atoms in total. The summed E-state index contributed by atoms with van der Waals surface area (Å²) in [6.07, 6.45) is 2.17. The lowest BCUT2D eigenvalue weighted by Gasteiger charge is -2.14. The number of ether oxygens (including phenoxy) is 2. The van der Waals surface area contributed by atoms with Crippen molar-refractivity contribution in [3.05, 3.63) is 68.0 Å². The largest absolute Gasteiger partial charge is 0.456 e. The highest BCUT2D eigenvalue weighted by Crippen LogP contribution is 2.20. The van der Waals surface area contributed by atoms with Crippen molar-refractivity contribution in [2.75, 3.05) is 13.2 Å². The number of H-pyrrole nitrogens is 1. The first-order valence-corrected chi connectivity index (χ1v) is 10.5. The number of Topliss-reactive ketones (excluding diaryl/α,β-unsaturated/α-hetero) is 1. The highest BCUT2D eigenvalue weighted by Gasteiger charge is 2.22. The second-order valence-electron chi connectivity index (χ2n) is 7.99. The Labute approximate surface area is 183 Å². The Morgan fingerprint density at radius 3 is 2.66 bits per heavy atom. The molecule has 168 valence electrons. The van der Waals surface area contributed by atoms with Crippen LogP contribution < -0.4 is 11.1 Å². The van der Waals surface area contributed by atoms with Gasteiger partial charge >= 0.3 is 5.97 Å². The van der Waals surface area contributed by atoms with Crippen LogP contribution in [0.1, 0.15) is 34.6 Å². The molecule has 1 aliphatic rings. The summed E-state index contributed by atoms with van der Waals surface area (Å²) in [5.41, 5.74) is 1.23. The van der Waals surface area contributed by atoms with E-state index in [4.69, 9.17) is 9.47 Å². The van der Waals surface area contributed by atoms with Gasteiger partial charge in [0, 0.05) is 30.1 Å². The molecule has 4 rings (SSSR count). The molecule has 0 aliphatic carbocycles. The first-order valence-electron chi connectivity index (χ1n) is 10.5. The number of nitrogens with one attached hydrogen (secondary N) is 1. The maximum Gasteiger partial charge on any atom is 0.328 e. The second kappa shape index (κ2) is 8.96. The van der Waals surface area contributed by atoms with Crippen LogP contribution in [0.4, 0.5) is 0 Å². The van der Waals surface area contributed by atoms with E-state index in [2.05, 4.69) is 5.10 Å². The third-order valence-electron chi connectivity index (χ3n) is 5.82. The summed E-state index contributed by atoms with van der Waals surface area (Å²) in [7, 11) is 0. The molecule has 0 saturated carbocycles. The van der Waals surface area contributed by atoms with E-state index in [9.17, 15) is 19.2 Å². The number of aryl methyl sites for hydroxylation is 1. The van der Waals surface area contributed by atoms with Gasteiger partial charge < -0.3 is 14.0 Å². The van der Waals surface area contributed by atoms with Crippen LogP contribution in [-0.2, 0) is 27.4 Å². The van der Waals surface area contributed by atoms with Gasteiger partial charge in [0.05, 0.1) is 16.9 Å². The minimum atomic E-state index is -0.792. The molecule has 1 unspecified atom stereocenters. The smallest absolute Gasteiger partial charge is 0.328 e. The van der Waals surface area contributed by atoms with Gasteiger partial charge in [-0.3, -0.25) is 24.3 Å². The maximum atomic E-state index is 12.7. The third kappa shape index (κ3) is 4.29. The van der Waals surface area contributed by atoms with Gasteiger partial charge in [0.15, 0.2) is 6.61 Å². The van der Waals surface area contributed by atoms with Crippen molar-refractivity contribution in [3.63, 3.8) is 0 Å². The van der Waals surface area contributed by atoms with Crippen LogP contribution in [0, 0.1) is 13.8 Å². The van der Waals surface area contributed by atoms with E-state index in [-0.39, 0.29) is 22.7 Å². The van der Waals surface area contributed by atoms with Crippen LogP contribution in [0.15, 0.2) is 39.9 Å². The number of ketones is 1. The molecule has 0 spiro atoms. The number of aromatic amines is 1. The molecule has 0 amide bonds. The summed E-state index contributed by atoms with van der Waals surface area (Å²) in [5, 5.41) is 2.82. The van der Waals surface area contributed by atoms with Crippen LogP contribution in [-0.4, -0.2) is 45.4 Å². The lowest BCUT2D eigenvalue weighted by molar-refractivity contribution is -0.143. The third-order valence-corrected chi connectivity index (χ3v) is 5.82. The number of rotatable bonds is 7. The molecular weight excluding hydrogens is 414 g/mol. The number of carbonyl (C=O) groups is 2. The Kier molecular flexibility index (Phi) is 6.09. The molecule has 32 heavy (non-hydrogen) atoms. The minimum absolute atomic E-state index is 0.142. The molecule has 9 heteroatoms. The van der Waals surface area contributed by atoms with Crippen molar-refractivity contribution in [2.45, 2.75) is 45.9 Å². The van der Waals surface area contributed by atoms with Crippen molar-refractivity contribution >= 4 is 22.5 Å². The molecule has 1 atom stereocenters. The van der Waals surface area contributed by atoms with Crippen molar-refractivity contribution in [1.29, 1.82) is 0 Å². The van der Waals surface area contributed by atoms with E-state index in [0.717, 1.165) is 35.5 Å². The van der Waals surface area contributed by atoms with E-state index < -0.39 is 30.2 Å². The summed E-state index contributed by atoms with van der Waals surface area (Å²) in [6, 6.07) is 8.13. The van der Waals surface area contributed by atoms with Gasteiger partial charge in [-0.2, -0.15) is 0 Å². The van der Waals surface area contributed by atoms with E-state index in [1.165, 1.54) is 12.1 Å². The predicted molar refractivity (Wildman–Crippen MR) is 117 cm³/mol. The molecule has 1 fully saturated rings. The van der Waals surface area contributed by atoms with Gasteiger partial charge in [0.25, 0.3) is 11.1 Å². The molecule has 0 radical (unpaired) electrons. The quantitative estimate of drug-likeness (QED) is 0.443. The number of hydrogen-bond donors (Lipinski definition) is 1. The Morgan fingerprint density at radius 1 is 1.19 bits per heavy atom. The number of benzene rings is 1. The molecule has 1 N–H and O–H groups in total. The van der Waals surface area contributed by atoms with Crippen molar-refractivity contribution in [3.8, 4) is 0 Å². The summed E-state index contributed by atoms with van der Waals surface area (Å²) in [5.74, 6) is -1.12. The summed E-state index contributed by atoms with van der Waals surface area (Å²) < 4.78 is 13.7. The number of aromatic nitrogens is 3. The lowest BCUT2D eigenvalue weighted by atomic mass is 10.1. The molecule has 0 bridgehead atoms. The molecular formula is C23H25N3O6. The number of hydrogen-bond acceptors (Lipinski definition) is 6. The van der Waals surface area contributed by atoms with Crippen molar-refractivity contribution in [2.24, 2.45) is 0 Å². The minimum Gasteiger partial charge on any atom is -0.456 e. The summed E-state index contributed by atoms with van der Waals surface area (Å²) >= 11 is 0. The van der Waals surface area contributed by atoms with Gasteiger partial charge in [-0.25, -0.2) is 4.68 Å². The SMILES string of the molecule is Cc1cc(C(=O)COC(=O)Cn2[nH]c(=O)c3ccccc3c2=O)c(C)n1CC1CCCO1. The van der Waals surface area contributed by atoms with Crippen molar-refractivity contribution < 1.29 is 19.1 Å². The van der Waals surface area contributed by atoms with Crippen LogP contribution in [0.5, 0.6) is 0 Å². The fourth-order valence-electron chi connectivity index (χ4n) is 4.11. The van der Waals surface area contributed by atoms with Gasteiger partial charge in [-0.1, -0.05) is 12.1 Å². The van der Waals surface area contributed by atoms with E-state index in [1.807, 2.05) is 18.4 Å². The van der Waals surface area contributed by atoms with Crippen LogP contribution >= 0.6 is 0 Å². The number of esters is 1. The molecule has 1 saturated heterocycles. The number of nitrogens with zero attached hydrogens (tertiary/aromatic N) is 2. The van der Waals surface area contributed by atoms with E-state index >= 15 is 0 Å². The van der Waals surface area contributed by atoms with Gasteiger partial charge in [-0.15, -0.1) is 0 Å². The van der Waals surface area contributed by atoms with Crippen LogP contribution in [0.25, 0.3) is 10.8 Å². The Morgan fingerprint density at radius 2 is 1.94 bits per heavy atom. The van der Waals surface area contributed by atoms with Gasteiger partial charge in [0.1, 0.15) is 6.54 Å². The Balaban J connectivity index is 1.42. The fraction of sp³-hybridized carbons (Fsp3) is 0.391. The molecule has 1 aromatic carbocycles. The zero-order valence-electron chi connectivity index (χ0n) is 18.1. The summed E-state index contributed by atoms with van der Waals surface area (Å²) in [4.78, 5) is 49.6. The highest BCUT2D eigenvalue weighted by molar-refractivity contribution is 5.99. The molecule has 3 heterocycles. The highest BCUT2D eigenvalue weighted by atomic mass is 16.5. The van der Waals surface area contributed by atoms with Crippen LogP contribution in [0.3, 0.4) is 0 Å². The van der Waals surface area contributed by atoms with Gasteiger partial charge in [-0.05, 0) is 44.9 Å². The molecule has 1 aliphatic heterocycles. The van der Waals surface area contributed by atoms with Crippen LogP contribution in [0.2, 0.25) is 0 Å². The molecule has 3 aromatic rings. The summed E-state index contributed by atoms with van der Waals surface area (Å²) in [6.45, 7) is 4.28. The monoisotopic (exact) mass is 439 g/mol. The van der Waals surface area contributed by atoms with E-state index in [0.29, 0.717) is 12.1 Å². The van der Waals surface area contributed by atoms with Crippen molar-refractivity contribution in [1.82, 2.24) is 14.3 Å². The zero-order valence-corrected chi connectivity index (χ0v) is 18.1. The standard InChI is InChI=1S/C23H25N3O6/c1-14-10-19(15(2)25(14)11-16-6-5-9-31-16)20(27)13-32-21(28)12-26-23(30)18-8-4-3-7-17(18)22(29)24-26/h3-4,7-8,10,16H,5-6,9,11-13H2,1-2H3,(H,24,29). The second-order valence-corrected chi connectivity index (χ2v) is 7.99. The Bertz CT molecular complexity index is 1290. The first kappa shape index (κ1) is 21.8. The normalized spacial score (nSPS) is 15.9. The first-order chi connectivity index (χ1) is 15.3. The predicted octanol–water partition coefficient (Wildman–Crippen LogP) is 1.71. The molecule has 2 aromatic heterocycles. The Hall–Kier alpha value is -3.46. The zero-order chi connectivity index (χ0) is 22.8. The van der Waals surface area contributed by atoms with E-state index in [1.54, 1.807) is 18.2 Å². The average Bonchev–Trinajstić information content (AvgIpc) is 3.39. The lowest BCUT2D eigenvalue weighted by Crippen LogP contribution is -2.33. The average molecular weight is 439 g/mol. The van der Waals surface area contributed by atoms with Gasteiger partial charge in [0.2, 0.25) is 5.78 Å². The number of carbonyl (C=O) groups excluding carboxylic acids is 2. The maximum absolute atomic E-state index is 12.7. The fourth-order valence-corrected chi connectivity index (χ4v) is 4.11. The topological polar surface area (TPSA) is 112 Å².